The molecule has 0 aromatic heterocycles. The Morgan fingerprint density at radius 3 is 2.29 bits per heavy atom. The van der Waals surface area contributed by atoms with Crippen LogP contribution in [0.15, 0.2) is 0 Å². The van der Waals surface area contributed by atoms with Gasteiger partial charge in [0, 0.05) is 18.4 Å². The molecule has 0 aromatic carbocycles. The quantitative estimate of drug-likeness (QED) is 0.527. The van der Waals surface area contributed by atoms with E-state index in [4.69, 9.17) is 19.8 Å². The zero-order valence-electron chi connectivity index (χ0n) is 9.52. The standard InChI is InChI=1S/C9H15NO.C2H2O4/c11-9-5-1-4-8-7(9)3-2-6-10-8;3-1(4)2(5)6/h7-8,10H,1-6H2;(H,3,4)(H,5,6). The zero-order chi connectivity index (χ0) is 12.8. The molecule has 0 aromatic rings. The Hall–Kier alpha value is -1.43. The Labute approximate surface area is 99.0 Å². The van der Waals surface area contributed by atoms with Crippen LogP contribution >= 0.6 is 0 Å². The number of carbonyl (C=O) groups excluding carboxylic acids is 1. The van der Waals surface area contributed by atoms with Crippen molar-refractivity contribution >= 4 is 17.7 Å². The van der Waals surface area contributed by atoms with Gasteiger partial charge in [-0.05, 0) is 32.2 Å². The monoisotopic (exact) mass is 243 g/mol. The fourth-order valence-corrected chi connectivity index (χ4v) is 2.32. The molecule has 1 aliphatic carbocycles. The van der Waals surface area contributed by atoms with E-state index in [2.05, 4.69) is 5.32 Å². The van der Waals surface area contributed by atoms with Gasteiger partial charge in [0.2, 0.25) is 0 Å². The lowest BCUT2D eigenvalue weighted by molar-refractivity contribution is -0.159. The minimum atomic E-state index is -1.82. The average Bonchev–Trinajstić information content (AvgIpc) is 2.30. The Morgan fingerprint density at radius 1 is 1.12 bits per heavy atom. The number of nitrogens with one attached hydrogen (secondary N) is 1. The Kier molecular flexibility index (Phi) is 5.09. The summed E-state index contributed by atoms with van der Waals surface area (Å²) in [5.74, 6) is -2.77. The van der Waals surface area contributed by atoms with Gasteiger partial charge in [-0.15, -0.1) is 0 Å². The van der Waals surface area contributed by atoms with Crippen LogP contribution in [0.3, 0.4) is 0 Å². The molecule has 2 atom stereocenters. The molecule has 0 spiro atoms. The van der Waals surface area contributed by atoms with Crippen LogP contribution in [0.4, 0.5) is 0 Å². The van der Waals surface area contributed by atoms with Crippen LogP contribution in [-0.4, -0.2) is 40.5 Å². The molecular weight excluding hydrogens is 226 g/mol. The largest absolute Gasteiger partial charge is 0.473 e. The summed E-state index contributed by atoms with van der Waals surface area (Å²) in [6.45, 7) is 1.12. The molecule has 0 radical (unpaired) electrons. The number of hydrogen-bond acceptors (Lipinski definition) is 4. The lowest BCUT2D eigenvalue weighted by atomic mass is 9.79. The van der Waals surface area contributed by atoms with E-state index in [0.717, 1.165) is 25.8 Å². The molecule has 2 aliphatic rings. The van der Waals surface area contributed by atoms with Crippen molar-refractivity contribution < 1.29 is 24.6 Å². The fourth-order valence-electron chi connectivity index (χ4n) is 2.32. The number of carboxylic acids is 2. The van der Waals surface area contributed by atoms with E-state index < -0.39 is 11.9 Å². The number of rotatable bonds is 0. The van der Waals surface area contributed by atoms with Crippen LogP contribution in [0.1, 0.15) is 32.1 Å². The molecule has 1 saturated carbocycles. The third-order valence-corrected chi connectivity index (χ3v) is 3.12. The Balaban J connectivity index is 0.000000209. The second-order valence-corrected chi connectivity index (χ2v) is 4.28. The van der Waals surface area contributed by atoms with Gasteiger partial charge in [0.05, 0.1) is 0 Å². The van der Waals surface area contributed by atoms with Crippen LogP contribution in [0, 0.1) is 5.92 Å². The molecule has 2 fully saturated rings. The molecule has 1 heterocycles. The van der Waals surface area contributed by atoms with Crippen LogP contribution in [0.5, 0.6) is 0 Å². The molecule has 2 unspecified atom stereocenters. The van der Waals surface area contributed by atoms with Gasteiger partial charge in [-0.2, -0.15) is 0 Å². The van der Waals surface area contributed by atoms with Crippen molar-refractivity contribution in [3.8, 4) is 0 Å². The summed E-state index contributed by atoms with van der Waals surface area (Å²) in [7, 11) is 0. The maximum Gasteiger partial charge on any atom is 0.414 e. The molecule has 0 amide bonds. The van der Waals surface area contributed by atoms with Crippen molar-refractivity contribution in [2.24, 2.45) is 5.92 Å². The SMILES string of the molecule is O=C(O)C(=O)O.O=C1CCCC2NCCCC12. The first-order valence-corrected chi connectivity index (χ1v) is 5.74. The first kappa shape index (κ1) is 13.6. The van der Waals surface area contributed by atoms with Gasteiger partial charge in [0.15, 0.2) is 0 Å². The first-order chi connectivity index (χ1) is 8.02. The lowest BCUT2D eigenvalue weighted by Gasteiger charge is -2.34. The average molecular weight is 243 g/mol. The molecule has 0 bridgehead atoms. The zero-order valence-corrected chi connectivity index (χ0v) is 9.52. The smallest absolute Gasteiger partial charge is 0.414 e. The van der Waals surface area contributed by atoms with E-state index >= 15 is 0 Å². The topological polar surface area (TPSA) is 104 Å². The highest BCUT2D eigenvalue weighted by atomic mass is 16.4. The van der Waals surface area contributed by atoms with Crippen LogP contribution < -0.4 is 5.32 Å². The van der Waals surface area contributed by atoms with Crippen molar-refractivity contribution in [3.63, 3.8) is 0 Å². The molecule has 6 heteroatoms. The summed E-state index contributed by atoms with van der Waals surface area (Å²) in [5.41, 5.74) is 0. The molecule has 2 rings (SSSR count). The van der Waals surface area contributed by atoms with Gasteiger partial charge in [0.25, 0.3) is 0 Å². The van der Waals surface area contributed by atoms with E-state index in [1.54, 1.807) is 0 Å². The first-order valence-electron chi connectivity index (χ1n) is 5.74. The number of ketones is 1. The van der Waals surface area contributed by atoms with Gasteiger partial charge in [-0.25, -0.2) is 9.59 Å². The molecule has 17 heavy (non-hydrogen) atoms. The summed E-state index contributed by atoms with van der Waals surface area (Å²) in [6, 6.07) is 0.532. The van der Waals surface area contributed by atoms with Gasteiger partial charge < -0.3 is 15.5 Å². The predicted molar refractivity (Wildman–Crippen MR) is 58.6 cm³/mol. The minimum Gasteiger partial charge on any atom is -0.473 e. The van der Waals surface area contributed by atoms with E-state index in [9.17, 15) is 4.79 Å². The summed E-state index contributed by atoms with van der Waals surface area (Å²) >= 11 is 0. The number of hydrogen-bond donors (Lipinski definition) is 3. The van der Waals surface area contributed by atoms with E-state index in [-0.39, 0.29) is 0 Å². The number of aliphatic carboxylic acids is 2. The van der Waals surface area contributed by atoms with Crippen LogP contribution in [0.25, 0.3) is 0 Å². The van der Waals surface area contributed by atoms with Crippen molar-refractivity contribution in [2.75, 3.05) is 6.54 Å². The van der Waals surface area contributed by atoms with Crippen molar-refractivity contribution in [1.82, 2.24) is 5.32 Å². The third-order valence-electron chi connectivity index (χ3n) is 3.12. The summed E-state index contributed by atoms with van der Waals surface area (Å²) in [6.07, 6.45) is 5.48. The fraction of sp³-hybridized carbons (Fsp3) is 0.727. The van der Waals surface area contributed by atoms with Gasteiger partial charge >= 0.3 is 11.9 Å². The van der Waals surface area contributed by atoms with Gasteiger partial charge in [-0.1, -0.05) is 0 Å². The molecule has 6 nitrogen and oxygen atoms in total. The third kappa shape index (κ3) is 4.14. The molecule has 96 valence electrons. The second kappa shape index (κ2) is 6.34. The molecular formula is C11H17NO5. The van der Waals surface area contributed by atoms with Gasteiger partial charge in [-0.3, -0.25) is 4.79 Å². The van der Waals surface area contributed by atoms with Crippen LogP contribution in [-0.2, 0) is 14.4 Å². The van der Waals surface area contributed by atoms with Crippen molar-refractivity contribution in [1.29, 1.82) is 0 Å². The lowest BCUT2D eigenvalue weighted by Crippen LogP contribution is -2.46. The summed E-state index contributed by atoms with van der Waals surface area (Å²) in [4.78, 5) is 29.6. The predicted octanol–water partition coefficient (Wildman–Crippen LogP) is 0.263. The summed E-state index contributed by atoms with van der Waals surface area (Å²) < 4.78 is 0. The number of carboxylic acid groups (broad SMARTS) is 2. The van der Waals surface area contributed by atoms with E-state index in [0.29, 0.717) is 17.7 Å². The molecule has 3 N–H and O–H groups in total. The molecule has 1 aliphatic heterocycles. The highest BCUT2D eigenvalue weighted by Crippen LogP contribution is 2.27. The maximum absolute atomic E-state index is 11.4. The van der Waals surface area contributed by atoms with Crippen molar-refractivity contribution in [3.05, 3.63) is 0 Å². The van der Waals surface area contributed by atoms with E-state index in [1.807, 2.05) is 0 Å². The highest BCUT2D eigenvalue weighted by molar-refractivity contribution is 6.27. The number of piperidine rings is 1. The van der Waals surface area contributed by atoms with Gasteiger partial charge in [0.1, 0.15) is 5.78 Å². The normalized spacial score (nSPS) is 27.4. The number of fused-ring (bicyclic) bond motifs is 1. The Bertz CT molecular complexity index is 301. The van der Waals surface area contributed by atoms with E-state index in [1.165, 1.54) is 12.8 Å². The Morgan fingerprint density at radius 2 is 1.76 bits per heavy atom. The van der Waals surface area contributed by atoms with Crippen LogP contribution in [0.2, 0.25) is 0 Å². The number of Topliss-reactive ketones (excluding diaryl/α,β-unsaturated/α-hetero) is 1. The second-order valence-electron chi connectivity index (χ2n) is 4.28. The van der Waals surface area contributed by atoms with Crippen molar-refractivity contribution in [2.45, 2.75) is 38.1 Å². The molecule has 1 saturated heterocycles. The number of carbonyl (C=O) groups is 3. The minimum absolute atomic E-state index is 0.373. The summed E-state index contributed by atoms with van der Waals surface area (Å²) in [5, 5.41) is 18.2. The maximum atomic E-state index is 11.4. The highest BCUT2D eigenvalue weighted by Gasteiger charge is 2.32.